The van der Waals surface area contributed by atoms with Gasteiger partial charge in [0.15, 0.2) is 5.78 Å². The highest BCUT2D eigenvalue weighted by Crippen LogP contribution is 2.29. The number of carbonyl (C=O) groups is 1. The predicted molar refractivity (Wildman–Crippen MR) is 114 cm³/mol. The molecule has 2 atom stereocenters. The number of amidine groups is 2. The summed E-state index contributed by atoms with van der Waals surface area (Å²) in [5.41, 5.74) is 14.4. The summed E-state index contributed by atoms with van der Waals surface area (Å²) in [5, 5.41) is 15.0. The molecule has 0 spiro atoms. The number of carbonyl (C=O) groups excluding carboxylic acids is 1. The van der Waals surface area contributed by atoms with Gasteiger partial charge in [0.05, 0.1) is 0 Å². The van der Waals surface area contributed by atoms with E-state index in [9.17, 15) is 4.79 Å². The van der Waals surface area contributed by atoms with Crippen LogP contribution in [0.2, 0.25) is 0 Å². The Balaban J connectivity index is 1.73. The molecule has 1 saturated carbocycles. The average molecular weight is 377 g/mol. The van der Waals surface area contributed by atoms with E-state index in [4.69, 9.17) is 22.3 Å². The standard InChI is InChI=1S/C23H28N4O/c24-22(25)17-9-5-15(6-10-17)13-19-3-1-2-4-20(21(19)28)14-16-7-11-18(12-8-16)23(26)27/h5,7,9-16H,1-4,6,8H2,(H3,24,25)(H3,26,27)/b19-13+,20-14+/t15-,16-/m0/s1. The topological polar surface area (TPSA) is 117 Å². The molecule has 0 aliphatic heterocycles. The molecule has 0 heterocycles. The quantitative estimate of drug-likeness (QED) is 0.258. The molecule has 146 valence electrons. The summed E-state index contributed by atoms with van der Waals surface area (Å²) in [6.07, 6.45) is 21.1. The number of nitrogens with one attached hydrogen (secondary N) is 2. The minimum absolute atomic E-state index is 0.0839. The highest BCUT2D eigenvalue weighted by molar-refractivity contribution is 6.08. The van der Waals surface area contributed by atoms with E-state index in [0.29, 0.717) is 0 Å². The van der Waals surface area contributed by atoms with Crippen LogP contribution >= 0.6 is 0 Å². The molecule has 5 nitrogen and oxygen atoms in total. The third kappa shape index (κ3) is 4.85. The van der Waals surface area contributed by atoms with E-state index in [1.165, 1.54) is 0 Å². The zero-order valence-corrected chi connectivity index (χ0v) is 16.1. The normalized spacial score (nSPS) is 28.1. The zero-order valence-electron chi connectivity index (χ0n) is 16.1. The number of hydrogen-bond donors (Lipinski definition) is 4. The Morgan fingerprint density at radius 1 is 0.857 bits per heavy atom. The third-order valence-corrected chi connectivity index (χ3v) is 5.44. The van der Waals surface area contributed by atoms with Gasteiger partial charge in [-0.15, -0.1) is 0 Å². The van der Waals surface area contributed by atoms with Crippen LogP contribution in [0, 0.1) is 22.7 Å². The van der Waals surface area contributed by atoms with Crippen molar-refractivity contribution in [1.82, 2.24) is 0 Å². The summed E-state index contributed by atoms with van der Waals surface area (Å²) in [6.45, 7) is 0. The monoisotopic (exact) mass is 376 g/mol. The van der Waals surface area contributed by atoms with Crippen molar-refractivity contribution in [3.63, 3.8) is 0 Å². The molecule has 0 aromatic heterocycles. The first-order valence-electron chi connectivity index (χ1n) is 9.85. The maximum absolute atomic E-state index is 13.1. The molecule has 6 N–H and O–H groups in total. The lowest BCUT2D eigenvalue weighted by Crippen LogP contribution is -2.15. The van der Waals surface area contributed by atoms with Crippen molar-refractivity contribution in [1.29, 1.82) is 10.8 Å². The smallest absolute Gasteiger partial charge is 0.184 e. The molecule has 0 saturated heterocycles. The molecular weight excluding hydrogens is 348 g/mol. The van der Waals surface area contributed by atoms with Gasteiger partial charge in [0.1, 0.15) is 11.7 Å². The number of nitrogens with two attached hydrogens (primary N) is 2. The minimum Gasteiger partial charge on any atom is -0.384 e. The molecule has 3 aliphatic carbocycles. The van der Waals surface area contributed by atoms with Gasteiger partial charge in [0.25, 0.3) is 0 Å². The van der Waals surface area contributed by atoms with E-state index in [2.05, 4.69) is 12.2 Å². The molecule has 0 aromatic carbocycles. The largest absolute Gasteiger partial charge is 0.384 e. The molecular formula is C23H28N4O. The molecule has 1 fully saturated rings. The molecule has 3 rings (SSSR count). The fraction of sp³-hybridized carbons (Fsp3) is 0.348. The molecule has 0 amide bonds. The average Bonchev–Trinajstić information content (AvgIpc) is 2.85. The molecule has 0 radical (unpaired) electrons. The second-order valence-corrected chi connectivity index (χ2v) is 7.58. The maximum atomic E-state index is 13.1. The summed E-state index contributed by atoms with van der Waals surface area (Å²) < 4.78 is 0. The Bertz CT molecular complexity index is 797. The van der Waals surface area contributed by atoms with E-state index in [1.807, 2.05) is 36.5 Å². The first kappa shape index (κ1) is 19.8. The summed E-state index contributed by atoms with van der Waals surface area (Å²) in [7, 11) is 0. The van der Waals surface area contributed by atoms with Crippen LogP contribution in [0.25, 0.3) is 0 Å². The van der Waals surface area contributed by atoms with Crippen molar-refractivity contribution >= 4 is 17.5 Å². The first-order chi connectivity index (χ1) is 13.4. The highest BCUT2D eigenvalue weighted by Gasteiger charge is 2.21. The van der Waals surface area contributed by atoms with Gasteiger partial charge in [-0.3, -0.25) is 15.6 Å². The fourth-order valence-corrected chi connectivity index (χ4v) is 3.82. The summed E-state index contributed by atoms with van der Waals surface area (Å²) in [4.78, 5) is 13.1. The van der Waals surface area contributed by atoms with Gasteiger partial charge in [-0.2, -0.15) is 0 Å². The molecule has 3 aliphatic rings. The van der Waals surface area contributed by atoms with Gasteiger partial charge in [-0.05, 0) is 61.5 Å². The summed E-state index contributed by atoms with van der Waals surface area (Å²) in [6, 6.07) is 0. The predicted octanol–water partition coefficient (Wildman–Crippen LogP) is 3.86. The molecule has 0 unspecified atom stereocenters. The zero-order chi connectivity index (χ0) is 20.1. The van der Waals surface area contributed by atoms with Crippen molar-refractivity contribution in [2.45, 2.75) is 38.5 Å². The lowest BCUT2D eigenvalue weighted by atomic mass is 9.89. The Morgan fingerprint density at radius 3 is 1.61 bits per heavy atom. The number of hydrogen-bond acceptors (Lipinski definition) is 3. The first-order valence-corrected chi connectivity index (χ1v) is 9.85. The van der Waals surface area contributed by atoms with Crippen molar-refractivity contribution in [2.75, 3.05) is 0 Å². The minimum atomic E-state index is 0.0839. The van der Waals surface area contributed by atoms with E-state index in [-0.39, 0.29) is 29.3 Å². The van der Waals surface area contributed by atoms with Crippen LogP contribution < -0.4 is 11.5 Å². The van der Waals surface area contributed by atoms with E-state index in [0.717, 1.165) is 60.8 Å². The Kier molecular flexibility index (Phi) is 6.24. The van der Waals surface area contributed by atoms with E-state index >= 15 is 0 Å². The van der Waals surface area contributed by atoms with Crippen molar-refractivity contribution in [3.05, 3.63) is 70.9 Å². The van der Waals surface area contributed by atoms with Gasteiger partial charge in [-0.25, -0.2) is 0 Å². The highest BCUT2D eigenvalue weighted by atomic mass is 16.1. The van der Waals surface area contributed by atoms with Crippen LogP contribution in [-0.4, -0.2) is 17.5 Å². The van der Waals surface area contributed by atoms with Crippen LogP contribution in [0.15, 0.2) is 70.9 Å². The van der Waals surface area contributed by atoms with Gasteiger partial charge in [0.2, 0.25) is 0 Å². The SMILES string of the molecule is N=C(N)C1=CC[C@@H](/C=C2\CCCC/C(=C\[C@H]3C=CC(C(=N)N)=CC3)C2=O)C=C1. The van der Waals surface area contributed by atoms with Gasteiger partial charge in [0, 0.05) is 11.1 Å². The van der Waals surface area contributed by atoms with Gasteiger partial charge in [-0.1, -0.05) is 48.6 Å². The van der Waals surface area contributed by atoms with Crippen LogP contribution in [-0.2, 0) is 4.79 Å². The van der Waals surface area contributed by atoms with Crippen LogP contribution in [0.1, 0.15) is 38.5 Å². The van der Waals surface area contributed by atoms with Gasteiger partial charge >= 0.3 is 0 Å². The Labute approximate surface area is 166 Å². The Morgan fingerprint density at radius 2 is 1.29 bits per heavy atom. The van der Waals surface area contributed by atoms with Crippen LogP contribution in [0.4, 0.5) is 0 Å². The molecule has 28 heavy (non-hydrogen) atoms. The second kappa shape index (κ2) is 8.83. The second-order valence-electron chi connectivity index (χ2n) is 7.58. The van der Waals surface area contributed by atoms with E-state index < -0.39 is 0 Å². The maximum Gasteiger partial charge on any atom is 0.184 e. The number of allylic oxidation sites excluding steroid dienone is 8. The van der Waals surface area contributed by atoms with Gasteiger partial charge < -0.3 is 11.5 Å². The van der Waals surface area contributed by atoms with E-state index in [1.54, 1.807) is 0 Å². The van der Waals surface area contributed by atoms with Crippen molar-refractivity contribution < 1.29 is 4.79 Å². The number of rotatable bonds is 4. The molecule has 0 bridgehead atoms. The summed E-state index contributed by atoms with van der Waals surface area (Å²) >= 11 is 0. The lowest BCUT2D eigenvalue weighted by Gasteiger charge is -2.16. The fourth-order valence-electron chi connectivity index (χ4n) is 3.82. The third-order valence-electron chi connectivity index (χ3n) is 5.44. The molecule has 0 aromatic rings. The number of ketones is 1. The number of Topliss-reactive ketones (excluding diaryl/α,β-unsaturated/α-hetero) is 1. The van der Waals surface area contributed by atoms with Crippen LogP contribution in [0.3, 0.4) is 0 Å². The lowest BCUT2D eigenvalue weighted by molar-refractivity contribution is -0.112. The Hall–Kier alpha value is -2.95. The van der Waals surface area contributed by atoms with Crippen LogP contribution in [0.5, 0.6) is 0 Å². The van der Waals surface area contributed by atoms with Crippen molar-refractivity contribution in [3.8, 4) is 0 Å². The molecule has 5 heteroatoms. The summed E-state index contributed by atoms with van der Waals surface area (Å²) in [5.74, 6) is 0.692. The van der Waals surface area contributed by atoms with Crippen molar-refractivity contribution in [2.24, 2.45) is 23.3 Å².